The van der Waals surface area contributed by atoms with Crippen LogP contribution in [0.3, 0.4) is 0 Å². The van der Waals surface area contributed by atoms with Gasteiger partial charge < -0.3 is 30.1 Å². The predicted octanol–water partition coefficient (Wildman–Crippen LogP) is 2.11. The maximum absolute atomic E-state index is 12.4. The first-order valence-electron chi connectivity index (χ1n) is 13.8. The van der Waals surface area contributed by atoms with Crippen molar-refractivity contribution in [3.63, 3.8) is 0 Å². The topological polar surface area (TPSA) is 89.1 Å². The number of nitrogens with zero attached hydrogens (tertiary/aromatic N) is 6. The van der Waals surface area contributed by atoms with Crippen LogP contribution in [0.25, 0.3) is 0 Å². The molecule has 0 atom stereocenters. The second-order valence-corrected chi connectivity index (χ2v) is 10.8. The molecule has 3 aliphatic heterocycles. The smallest absolute Gasteiger partial charge is 0.234 e. The molecular formula is C27H40N8O2S. The van der Waals surface area contributed by atoms with Gasteiger partial charge in [0.2, 0.25) is 5.91 Å². The molecule has 0 aliphatic carbocycles. The third-order valence-electron chi connectivity index (χ3n) is 7.40. The molecule has 0 bridgehead atoms. The average molecular weight is 541 g/mol. The van der Waals surface area contributed by atoms with Gasteiger partial charge in [-0.15, -0.1) is 0 Å². The molecule has 3 fully saturated rings. The highest BCUT2D eigenvalue weighted by atomic mass is 32.2. The van der Waals surface area contributed by atoms with Crippen molar-refractivity contribution in [1.82, 2.24) is 25.1 Å². The highest BCUT2D eigenvalue weighted by Crippen LogP contribution is 2.25. The van der Waals surface area contributed by atoms with Crippen molar-refractivity contribution in [3.05, 3.63) is 30.3 Å². The van der Waals surface area contributed by atoms with Gasteiger partial charge in [-0.1, -0.05) is 11.8 Å². The Morgan fingerprint density at radius 1 is 0.921 bits per heavy atom. The van der Waals surface area contributed by atoms with E-state index in [0.717, 1.165) is 101 Å². The summed E-state index contributed by atoms with van der Waals surface area (Å²) < 4.78 is 5.46. The summed E-state index contributed by atoms with van der Waals surface area (Å²) >= 11 is 1.54. The Morgan fingerprint density at radius 3 is 2.37 bits per heavy atom. The molecule has 5 rings (SSSR count). The van der Waals surface area contributed by atoms with Gasteiger partial charge in [0, 0.05) is 69.8 Å². The zero-order valence-corrected chi connectivity index (χ0v) is 23.2. The van der Waals surface area contributed by atoms with E-state index in [2.05, 4.69) is 59.5 Å². The molecule has 38 heavy (non-hydrogen) atoms. The number of likely N-dealkylation sites (tertiary alicyclic amines) is 1. The number of anilines is 4. The van der Waals surface area contributed by atoms with Crippen molar-refractivity contribution in [2.45, 2.75) is 18.0 Å². The van der Waals surface area contributed by atoms with Gasteiger partial charge in [-0.3, -0.25) is 9.69 Å². The number of amides is 1. The number of aromatic nitrogens is 2. The second-order valence-electron chi connectivity index (χ2n) is 10.0. The van der Waals surface area contributed by atoms with E-state index >= 15 is 0 Å². The van der Waals surface area contributed by atoms with Gasteiger partial charge in [-0.05, 0) is 56.5 Å². The lowest BCUT2D eigenvalue weighted by Gasteiger charge is -2.35. The Balaban J connectivity index is 1.12. The van der Waals surface area contributed by atoms with Crippen LogP contribution >= 0.6 is 11.8 Å². The Morgan fingerprint density at radius 2 is 1.66 bits per heavy atom. The molecule has 10 nitrogen and oxygen atoms in total. The van der Waals surface area contributed by atoms with Crippen LogP contribution in [0.1, 0.15) is 12.8 Å². The molecular weight excluding hydrogens is 500 g/mol. The molecule has 0 saturated carbocycles. The fourth-order valence-electron chi connectivity index (χ4n) is 5.21. The first-order chi connectivity index (χ1) is 18.7. The molecule has 1 aromatic carbocycles. The fourth-order valence-corrected chi connectivity index (χ4v) is 5.58. The summed E-state index contributed by atoms with van der Waals surface area (Å²) in [7, 11) is 0. The third kappa shape index (κ3) is 7.49. The van der Waals surface area contributed by atoms with E-state index in [9.17, 15) is 4.79 Å². The number of rotatable bonds is 10. The Bertz CT molecular complexity index is 1040. The van der Waals surface area contributed by atoms with E-state index in [1.807, 2.05) is 12.3 Å². The lowest BCUT2D eigenvalue weighted by Crippen LogP contribution is -2.50. The van der Waals surface area contributed by atoms with E-state index in [1.54, 1.807) is 11.8 Å². The van der Waals surface area contributed by atoms with Gasteiger partial charge in [-0.25, -0.2) is 9.97 Å². The van der Waals surface area contributed by atoms with E-state index < -0.39 is 0 Å². The normalized spacial score (nSPS) is 19.1. The Labute approximate surface area is 230 Å². The SMILES string of the molecule is CSc1nc(Nc2ccc(N3CCOCC3)cc2)cc(N2CCN(CC(=O)NCCN3CCCC3)CC2)n1. The number of morpholine rings is 1. The first-order valence-corrected chi connectivity index (χ1v) is 15.0. The molecule has 1 amide bonds. The minimum Gasteiger partial charge on any atom is -0.378 e. The van der Waals surface area contributed by atoms with E-state index in [0.29, 0.717) is 6.54 Å². The van der Waals surface area contributed by atoms with Crippen molar-refractivity contribution in [2.24, 2.45) is 0 Å². The van der Waals surface area contributed by atoms with Crippen LogP contribution in [0.4, 0.5) is 23.0 Å². The summed E-state index contributed by atoms with van der Waals surface area (Å²) in [5, 5.41) is 7.30. The van der Waals surface area contributed by atoms with Gasteiger partial charge in [0.15, 0.2) is 5.16 Å². The van der Waals surface area contributed by atoms with Crippen LogP contribution in [0.5, 0.6) is 0 Å². The lowest BCUT2D eigenvalue weighted by molar-refractivity contribution is -0.122. The van der Waals surface area contributed by atoms with Crippen LogP contribution in [-0.4, -0.2) is 117 Å². The van der Waals surface area contributed by atoms with Crippen LogP contribution in [0.15, 0.2) is 35.5 Å². The average Bonchev–Trinajstić information content (AvgIpc) is 3.48. The number of thioether (sulfide) groups is 1. The summed E-state index contributed by atoms with van der Waals surface area (Å²) in [6.45, 7) is 11.2. The lowest BCUT2D eigenvalue weighted by atomic mass is 10.2. The van der Waals surface area contributed by atoms with Crippen LogP contribution < -0.4 is 20.4 Å². The first kappa shape index (κ1) is 27.0. The Kier molecular flexibility index (Phi) is 9.56. The number of carbonyl (C=O) groups is 1. The number of nitrogens with one attached hydrogen (secondary N) is 2. The van der Waals surface area contributed by atoms with Gasteiger partial charge in [-0.2, -0.15) is 0 Å². The number of hydrogen-bond donors (Lipinski definition) is 2. The monoisotopic (exact) mass is 540 g/mol. The summed E-state index contributed by atoms with van der Waals surface area (Å²) in [6.07, 6.45) is 4.56. The fraction of sp³-hybridized carbons (Fsp3) is 0.593. The molecule has 3 saturated heterocycles. The zero-order valence-electron chi connectivity index (χ0n) is 22.4. The van der Waals surface area contributed by atoms with Crippen LogP contribution in [-0.2, 0) is 9.53 Å². The minimum atomic E-state index is 0.121. The number of carbonyl (C=O) groups excluding carboxylic acids is 1. The molecule has 0 spiro atoms. The van der Waals surface area contributed by atoms with Crippen molar-refractivity contribution < 1.29 is 9.53 Å². The number of benzene rings is 1. The maximum Gasteiger partial charge on any atom is 0.234 e. The van der Waals surface area contributed by atoms with Crippen molar-refractivity contribution in [1.29, 1.82) is 0 Å². The van der Waals surface area contributed by atoms with E-state index in [1.165, 1.54) is 18.5 Å². The molecule has 3 aliphatic rings. The van der Waals surface area contributed by atoms with Crippen molar-refractivity contribution >= 4 is 40.7 Å². The van der Waals surface area contributed by atoms with Crippen molar-refractivity contribution in [2.75, 3.05) is 107 Å². The summed E-state index contributed by atoms with van der Waals surface area (Å²) in [6, 6.07) is 10.5. The number of hydrogen-bond acceptors (Lipinski definition) is 10. The zero-order chi connectivity index (χ0) is 26.2. The summed E-state index contributed by atoms with van der Waals surface area (Å²) in [4.78, 5) is 31.2. The van der Waals surface area contributed by atoms with Gasteiger partial charge in [0.25, 0.3) is 0 Å². The van der Waals surface area contributed by atoms with Gasteiger partial charge in [0.1, 0.15) is 11.6 Å². The summed E-state index contributed by atoms with van der Waals surface area (Å²) in [5.74, 6) is 1.83. The van der Waals surface area contributed by atoms with Gasteiger partial charge in [0.05, 0.1) is 19.8 Å². The molecule has 0 radical (unpaired) electrons. The minimum absolute atomic E-state index is 0.121. The van der Waals surface area contributed by atoms with Crippen LogP contribution in [0.2, 0.25) is 0 Å². The molecule has 0 unspecified atom stereocenters. The molecule has 11 heteroatoms. The highest BCUT2D eigenvalue weighted by molar-refractivity contribution is 7.98. The molecule has 1 aromatic heterocycles. The van der Waals surface area contributed by atoms with Gasteiger partial charge >= 0.3 is 0 Å². The standard InChI is InChI=1S/C27H40N8O2S/c1-38-27-30-24(29-22-4-6-23(7-5-22)34-16-18-37-19-17-34)20-25(31-27)35-14-12-33(13-15-35)21-26(36)28-8-11-32-9-2-3-10-32/h4-7,20H,2-3,8-19,21H2,1H3,(H,28,36)(H,29,30,31). The van der Waals surface area contributed by atoms with E-state index in [4.69, 9.17) is 9.72 Å². The second kappa shape index (κ2) is 13.5. The molecule has 2 N–H and O–H groups in total. The quantitative estimate of drug-likeness (QED) is 0.345. The summed E-state index contributed by atoms with van der Waals surface area (Å²) in [5.41, 5.74) is 2.21. The largest absolute Gasteiger partial charge is 0.378 e. The third-order valence-corrected chi connectivity index (χ3v) is 7.95. The molecule has 4 heterocycles. The maximum atomic E-state index is 12.4. The number of ether oxygens (including phenoxy) is 1. The van der Waals surface area contributed by atoms with Crippen LogP contribution in [0, 0.1) is 0 Å². The molecule has 2 aromatic rings. The predicted molar refractivity (Wildman–Crippen MR) is 154 cm³/mol. The van der Waals surface area contributed by atoms with Crippen molar-refractivity contribution in [3.8, 4) is 0 Å². The highest BCUT2D eigenvalue weighted by Gasteiger charge is 2.21. The van der Waals surface area contributed by atoms with E-state index in [-0.39, 0.29) is 5.91 Å². The number of piperazine rings is 1. The molecule has 206 valence electrons. The Hall–Kier alpha value is -2.60.